The van der Waals surface area contributed by atoms with Crippen molar-refractivity contribution in [3.8, 4) is 11.5 Å². The topological polar surface area (TPSA) is 53.7 Å². The van der Waals surface area contributed by atoms with E-state index in [1.807, 2.05) is 25.1 Å². The fourth-order valence-electron chi connectivity index (χ4n) is 1.50. The SMILES string of the molecule is COCCC(C)Oc1cc(CN)ccc1OC. The van der Waals surface area contributed by atoms with E-state index in [0.717, 1.165) is 23.5 Å². The fourth-order valence-corrected chi connectivity index (χ4v) is 1.50. The Morgan fingerprint density at radius 3 is 2.59 bits per heavy atom. The monoisotopic (exact) mass is 239 g/mol. The third kappa shape index (κ3) is 4.24. The van der Waals surface area contributed by atoms with E-state index in [9.17, 15) is 0 Å². The Morgan fingerprint density at radius 2 is 2.00 bits per heavy atom. The van der Waals surface area contributed by atoms with Gasteiger partial charge in [-0.05, 0) is 24.6 Å². The maximum Gasteiger partial charge on any atom is 0.161 e. The van der Waals surface area contributed by atoms with E-state index in [-0.39, 0.29) is 6.10 Å². The van der Waals surface area contributed by atoms with Crippen molar-refractivity contribution in [2.24, 2.45) is 5.73 Å². The molecule has 4 heteroatoms. The Hall–Kier alpha value is -1.26. The summed E-state index contributed by atoms with van der Waals surface area (Å²) >= 11 is 0. The number of methoxy groups -OCH3 is 2. The minimum absolute atomic E-state index is 0.0804. The first-order chi connectivity index (χ1) is 8.21. The normalized spacial score (nSPS) is 12.2. The van der Waals surface area contributed by atoms with Gasteiger partial charge in [0.1, 0.15) is 0 Å². The maximum absolute atomic E-state index is 5.82. The molecule has 0 aliphatic carbocycles. The first kappa shape index (κ1) is 13.8. The van der Waals surface area contributed by atoms with Gasteiger partial charge in [0.05, 0.1) is 13.2 Å². The molecule has 4 nitrogen and oxygen atoms in total. The van der Waals surface area contributed by atoms with Gasteiger partial charge in [0.15, 0.2) is 11.5 Å². The van der Waals surface area contributed by atoms with Gasteiger partial charge in [0, 0.05) is 26.7 Å². The Kier molecular flexibility index (Phi) is 5.80. The number of hydrogen-bond acceptors (Lipinski definition) is 4. The van der Waals surface area contributed by atoms with Gasteiger partial charge < -0.3 is 19.9 Å². The number of rotatable bonds is 7. The molecule has 1 rings (SSSR count). The average molecular weight is 239 g/mol. The summed E-state index contributed by atoms with van der Waals surface area (Å²) in [5.74, 6) is 1.46. The quantitative estimate of drug-likeness (QED) is 0.790. The van der Waals surface area contributed by atoms with Gasteiger partial charge in [-0.25, -0.2) is 0 Å². The number of ether oxygens (including phenoxy) is 3. The van der Waals surface area contributed by atoms with E-state index in [1.165, 1.54) is 0 Å². The van der Waals surface area contributed by atoms with Crippen LogP contribution in [0.4, 0.5) is 0 Å². The molecule has 1 aromatic rings. The molecule has 0 aliphatic heterocycles. The summed E-state index contributed by atoms with van der Waals surface area (Å²) in [5.41, 5.74) is 6.63. The number of benzene rings is 1. The molecule has 0 bridgehead atoms. The summed E-state index contributed by atoms with van der Waals surface area (Å²) in [6.07, 6.45) is 0.920. The van der Waals surface area contributed by atoms with Gasteiger partial charge in [0.25, 0.3) is 0 Å². The van der Waals surface area contributed by atoms with E-state index < -0.39 is 0 Å². The zero-order valence-electron chi connectivity index (χ0n) is 10.7. The minimum atomic E-state index is 0.0804. The number of nitrogens with two attached hydrogens (primary N) is 1. The third-order valence-electron chi connectivity index (χ3n) is 2.52. The van der Waals surface area contributed by atoms with Crippen molar-refractivity contribution < 1.29 is 14.2 Å². The van der Waals surface area contributed by atoms with E-state index in [0.29, 0.717) is 13.2 Å². The average Bonchev–Trinajstić information content (AvgIpc) is 2.36. The zero-order valence-corrected chi connectivity index (χ0v) is 10.7. The van der Waals surface area contributed by atoms with Gasteiger partial charge in [0.2, 0.25) is 0 Å². The summed E-state index contributed by atoms with van der Waals surface area (Å²) in [6.45, 7) is 3.18. The van der Waals surface area contributed by atoms with Crippen LogP contribution >= 0.6 is 0 Å². The minimum Gasteiger partial charge on any atom is -0.493 e. The fraction of sp³-hybridized carbons (Fsp3) is 0.538. The van der Waals surface area contributed by atoms with E-state index >= 15 is 0 Å². The summed E-state index contributed by atoms with van der Waals surface area (Å²) in [6, 6.07) is 5.73. The van der Waals surface area contributed by atoms with E-state index in [4.69, 9.17) is 19.9 Å². The Balaban J connectivity index is 2.72. The van der Waals surface area contributed by atoms with Gasteiger partial charge in [-0.3, -0.25) is 0 Å². The van der Waals surface area contributed by atoms with Crippen LogP contribution in [0.15, 0.2) is 18.2 Å². The summed E-state index contributed by atoms with van der Waals surface area (Å²) in [4.78, 5) is 0. The van der Waals surface area contributed by atoms with Crippen molar-refractivity contribution in [2.75, 3.05) is 20.8 Å². The lowest BCUT2D eigenvalue weighted by molar-refractivity contribution is 0.132. The van der Waals surface area contributed by atoms with Gasteiger partial charge in [-0.1, -0.05) is 6.07 Å². The molecule has 0 saturated carbocycles. The molecular formula is C13H21NO3. The maximum atomic E-state index is 5.82. The van der Waals surface area contributed by atoms with Crippen LogP contribution in [0.5, 0.6) is 11.5 Å². The molecule has 0 amide bonds. The zero-order chi connectivity index (χ0) is 12.7. The molecule has 0 heterocycles. The molecule has 1 aromatic carbocycles. The highest BCUT2D eigenvalue weighted by atomic mass is 16.5. The van der Waals surface area contributed by atoms with Gasteiger partial charge in [-0.15, -0.1) is 0 Å². The molecule has 17 heavy (non-hydrogen) atoms. The summed E-state index contributed by atoms with van der Waals surface area (Å²) < 4.78 is 16.1. The highest BCUT2D eigenvalue weighted by Gasteiger charge is 2.09. The van der Waals surface area contributed by atoms with Crippen LogP contribution in [0.1, 0.15) is 18.9 Å². The second-order valence-corrected chi connectivity index (χ2v) is 3.90. The largest absolute Gasteiger partial charge is 0.493 e. The lowest BCUT2D eigenvalue weighted by Crippen LogP contribution is -2.15. The van der Waals surface area contributed by atoms with Crippen molar-refractivity contribution in [2.45, 2.75) is 26.0 Å². The molecule has 2 N–H and O–H groups in total. The summed E-state index contributed by atoms with van der Waals surface area (Å²) in [5, 5.41) is 0. The van der Waals surface area contributed by atoms with Crippen LogP contribution in [-0.2, 0) is 11.3 Å². The lowest BCUT2D eigenvalue weighted by atomic mass is 10.2. The highest BCUT2D eigenvalue weighted by Crippen LogP contribution is 2.29. The van der Waals surface area contributed by atoms with Gasteiger partial charge in [-0.2, -0.15) is 0 Å². The van der Waals surface area contributed by atoms with Crippen molar-refractivity contribution in [3.63, 3.8) is 0 Å². The van der Waals surface area contributed by atoms with Crippen molar-refractivity contribution in [3.05, 3.63) is 23.8 Å². The molecule has 0 fully saturated rings. The number of hydrogen-bond donors (Lipinski definition) is 1. The molecule has 0 saturated heterocycles. The first-order valence-corrected chi connectivity index (χ1v) is 5.73. The Labute approximate surface area is 103 Å². The lowest BCUT2D eigenvalue weighted by Gasteiger charge is -2.17. The Morgan fingerprint density at radius 1 is 1.24 bits per heavy atom. The van der Waals surface area contributed by atoms with Crippen LogP contribution in [0, 0.1) is 0 Å². The molecule has 96 valence electrons. The second kappa shape index (κ2) is 7.14. The van der Waals surface area contributed by atoms with Crippen molar-refractivity contribution >= 4 is 0 Å². The van der Waals surface area contributed by atoms with Crippen molar-refractivity contribution in [1.29, 1.82) is 0 Å². The van der Waals surface area contributed by atoms with Crippen LogP contribution in [-0.4, -0.2) is 26.9 Å². The molecular weight excluding hydrogens is 218 g/mol. The highest BCUT2D eigenvalue weighted by molar-refractivity contribution is 5.43. The molecule has 0 radical (unpaired) electrons. The first-order valence-electron chi connectivity index (χ1n) is 5.73. The summed E-state index contributed by atoms with van der Waals surface area (Å²) in [7, 11) is 3.31. The molecule has 1 unspecified atom stereocenters. The standard InChI is InChI=1S/C13H21NO3/c1-10(6-7-15-2)17-13-8-11(9-14)4-5-12(13)16-3/h4-5,8,10H,6-7,9,14H2,1-3H3. The van der Waals surface area contributed by atoms with Crippen molar-refractivity contribution in [1.82, 2.24) is 0 Å². The van der Waals surface area contributed by atoms with Crippen LogP contribution in [0.25, 0.3) is 0 Å². The Bertz CT molecular complexity index is 341. The van der Waals surface area contributed by atoms with Crippen LogP contribution < -0.4 is 15.2 Å². The predicted molar refractivity (Wildman–Crippen MR) is 67.5 cm³/mol. The molecule has 0 aliphatic rings. The molecule has 1 atom stereocenters. The predicted octanol–water partition coefficient (Wildman–Crippen LogP) is 1.96. The molecule has 0 spiro atoms. The van der Waals surface area contributed by atoms with E-state index in [1.54, 1.807) is 14.2 Å². The second-order valence-electron chi connectivity index (χ2n) is 3.90. The third-order valence-corrected chi connectivity index (χ3v) is 2.52. The smallest absolute Gasteiger partial charge is 0.161 e. The van der Waals surface area contributed by atoms with Crippen LogP contribution in [0.3, 0.4) is 0 Å². The van der Waals surface area contributed by atoms with Gasteiger partial charge >= 0.3 is 0 Å². The molecule has 0 aromatic heterocycles. The van der Waals surface area contributed by atoms with E-state index in [2.05, 4.69) is 0 Å². The van der Waals surface area contributed by atoms with Crippen LogP contribution in [0.2, 0.25) is 0 Å².